The van der Waals surface area contributed by atoms with Gasteiger partial charge in [0.25, 0.3) is 0 Å². The van der Waals surface area contributed by atoms with Crippen molar-refractivity contribution in [2.75, 3.05) is 6.61 Å². The lowest BCUT2D eigenvalue weighted by atomic mass is 10.2. The van der Waals surface area contributed by atoms with Crippen molar-refractivity contribution in [2.45, 2.75) is 38.8 Å². The minimum absolute atomic E-state index is 0.0732. The second-order valence-corrected chi connectivity index (χ2v) is 4.83. The minimum atomic E-state index is -0.356. The molecule has 0 rings (SSSR count). The van der Waals surface area contributed by atoms with Crippen molar-refractivity contribution in [3.63, 3.8) is 0 Å². The van der Waals surface area contributed by atoms with Crippen molar-refractivity contribution in [2.24, 2.45) is 0 Å². The van der Waals surface area contributed by atoms with Crippen LogP contribution in [0.2, 0.25) is 6.04 Å². The van der Waals surface area contributed by atoms with Gasteiger partial charge in [0.15, 0.2) is 0 Å². The second kappa shape index (κ2) is 6.78. The maximum Gasteiger partial charge on any atom is 0.330 e. The topological polar surface area (TPSA) is 35.5 Å². The minimum Gasteiger partial charge on any atom is -0.463 e. The van der Waals surface area contributed by atoms with E-state index in [2.05, 4.69) is 6.58 Å². The first-order valence-corrected chi connectivity index (χ1v) is 5.77. The average molecular weight is 214 g/mol. The molecule has 0 fully saturated rings. The summed E-state index contributed by atoms with van der Waals surface area (Å²) >= 11 is 0. The van der Waals surface area contributed by atoms with Gasteiger partial charge in [-0.15, -0.1) is 0 Å². The van der Waals surface area contributed by atoms with E-state index >= 15 is 0 Å². The Kier molecular flexibility index (Phi) is 6.49. The van der Waals surface area contributed by atoms with Crippen LogP contribution in [0.3, 0.4) is 0 Å². The highest BCUT2D eigenvalue weighted by Gasteiger charge is 2.09. The van der Waals surface area contributed by atoms with Gasteiger partial charge in [0, 0.05) is 11.7 Å². The van der Waals surface area contributed by atoms with Gasteiger partial charge in [-0.25, -0.2) is 4.79 Å². The molecule has 0 aliphatic carbocycles. The van der Waals surface area contributed by atoms with Crippen molar-refractivity contribution in [1.29, 1.82) is 0 Å². The van der Waals surface area contributed by atoms with Crippen molar-refractivity contribution in [3.05, 3.63) is 12.7 Å². The van der Waals surface area contributed by atoms with Crippen molar-refractivity contribution in [1.82, 2.24) is 0 Å². The Balaban J connectivity index is 3.22. The standard InChI is InChI=1S/C10H18O3Si/c1-5-9(11)12-7-6-8-14-13-10(2,3)4/h5H,1,6-8H2,2-4H3. The third kappa shape index (κ3) is 9.47. The summed E-state index contributed by atoms with van der Waals surface area (Å²) in [7, 11) is 0.471. The van der Waals surface area contributed by atoms with Crippen molar-refractivity contribution < 1.29 is 14.0 Å². The van der Waals surface area contributed by atoms with E-state index in [1.165, 1.54) is 6.08 Å². The Morgan fingerprint density at radius 3 is 2.64 bits per heavy atom. The Hall–Kier alpha value is -0.613. The van der Waals surface area contributed by atoms with E-state index in [-0.39, 0.29) is 11.6 Å². The number of hydrogen-bond acceptors (Lipinski definition) is 3. The lowest BCUT2D eigenvalue weighted by Crippen LogP contribution is -2.21. The smallest absolute Gasteiger partial charge is 0.330 e. The van der Waals surface area contributed by atoms with Crippen LogP contribution in [0.15, 0.2) is 12.7 Å². The highest BCUT2D eigenvalue weighted by atomic mass is 28.2. The highest BCUT2D eigenvalue weighted by Crippen LogP contribution is 2.06. The van der Waals surface area contributed by atoms with Gasteiger partial charge in [-0.2, -0.15) is 0 Å². The van der Waals surface area contributed by atoms with Crippen LogP contribution in [0.5, 0.6) is 0 Å². The normalized spacial score (nSPS) is 11.1. The fraction of sp³-hybridized carbons (Fsp3) is 0.700. The summed E-state index contributed by atoms with van der Waals surface area (Å²) in [5.74, 6) is -0.356. The first-order chi connectivity index (χ1) is 6.45. The zero-order valence-electron chi connectivity index (χ0n) is 9.13. The largest absolute Gasteiger partial charge is 0.463 e. The van der Waals surface area contributed by atoms with Crippen LogP contribution in [0.1, 0.15) is 27.2 Å². The van der Waals surface area contributed by atoms with Crippen molar-refractivity contribution in [3.8, 4) is 0 Å². The zero-order valence-corrected chi connectivity index (χ0v) is 10.1. The molecular weight excluding hydrogens is 196 g/mol. The molecule has 14 heavy (non-hydrogen) atoms. The van der Waals surface area contributed by atoms with Gasteiger partial charge in [0.05, 0.1) is 6.61 Å². The van der Waals surface area contributed by atoms with Crippen molar-refractivity contribution >= 4 is 15.7 Å². The maximum atomic E-state index is 10.6. The van der Waals surface area contributed by atoms with E-state index in [4.69, 9.17) is 9.16 Å². The Morgan fingerprint density at radius 1 is 1.50 bits per heavy atom. The van der Waals surface area contributed by atoms with Crippen LogP contribution < -0.4 is 0 Å². The molecule has 0 aromatic carbocycles. The molecule has 0 atom stereocenters. The molecule has 2 radical (unpaired) electrons. The number of carbonyl (C=O) groups excluding carboxylic acids is 1. The van der Waals surface area contributed by atoms with Gasteiger partial charge < -0.3 is 9.16 Å². The predicted molar refractivity (Wildman–Crippen MR) is 57.2 cm³/mol. The average Bonchev–Trinajstić information content (AvgIpc) is 2.08. The lowest BCUT2D eigenvalue weighted by molar-refractivity contribution is -0.137. The van der Waals surface area contributed by atoms with Gasteiger partial charge in [-0.3, -0.25) is 0 Å². The lowest BCUT2D eigenvalue weighted by Gasteiger charge is -2.18. The molecule has 0 aromatic rings. The molecule has 0 saturated carbocycles. The monoisotopic (exact) mass is 214 g/mol. The molecule has 0 bridgehead atoms. The molecule has 80 valence electrons. The first kappa shape index (κ1) is 13.4. The van der Waals surface area contributed by atoms with Crippen LogP contribution in [-0.4, -0.2) is 27.9 Å². The Labute approximate surface area is 88.4 Å². The van der Waals surface area contributed by atoms with Crippen LogP contribution in [0.4, 0.5) is 0 Å². The second-order valence-electron chi connectivity index (χ2n) is 3.83. The van der Waals surface area contributed by atoms with Gasteiger partial charge in [-0.05, 0) is 33.2 Å². The summed E-state index contributed by atoms with van der Waals surface area (Å²) in [6.07, 6.45) is 2.02. The Morgan fingerprint density at radius 2 is 2.14 bits per heavy atom. The third-order valence-electron chi connectivity index (χ3n) is 1.21. The third-order valence-corrected chi connectivity index (χ3v) is 2.53. The molecular formula is C10H18O3Si. The fourth-order valence-electron chi connectivity index (χ4n) is 0.644. The van der Waals surface area contributed by atoms with Crippen LogP contribution in [0.25, 0.3) is 0 Å². The van der Waals surface area contributed by atoms with Crippen LogP contribution in [0, 0.1) is 0 Å². The molecule has 0 unspecified atom stereocenters. The number of hydrogen-bond donors (Lipinski definition) is 0. The first-order valence-electron chi connectivity index (χ1n) is 4.66. The zero-order chi connectivity index (χ0) is 11.0. The van der Waals surface area contributed by atoms with Crippen LogP contribution >= 0.6 is 0 Å². The van der Waals surface area contributed by atoms with Gasteiger partial charge in [-0.1, -0.05) is 6.58 Å². The van der Waals surface area contributed by atoms with E-state index in [0.29, 0.717) is 16.4 Å². The molecule has 3 nitrogen and oxygen atoms in total. The fourth-order valence-corrected chi connectivity index (χ4v) is 1.47. The summed E-state index contributed by atoms with van der Waals surface area (Å²) in [5.41, 5.74) is -0.0732. The molecule has 0 aromatic heterocycles. The van der Waals surface area contributed by atoms with Gasteiger partial charge >= 0.3 is 5.97 Å². The molecule has 0 spiro atoms. The molecule has 0 saturated heterocycles. The highest BCUT2D eigenvalue weighted by molar-refractivity contribution is 6.27. The summed E-state index contributed by atoms with van der Waals surface area (Å²) in [4.78, 5) is 10.6. The summed E-state index contributed by atoms with van der Waals surface area (Å²) in [6, 6.07) is 0.932. The number of esters is 1. The van der Waals surface area contributed by atoms with Gasteiger partial charge in [0.2, 0.25) is 9.76 Å². The summed E-state index contributed by atoms with van der Waals surface area (Å²) in [6.45, 7) is 9.84. The van der Waals surface area contributed by atoms with E-state index in [0.717, 1.165) is 12.5 Å². The predicted octanol–water partition coefficient (Wildman–Crippen LogP) is 1.96. The molecule has 0 amide bonds. The summed E-state index contributed by atoms with van der Waals surface area (Å²) < 4.78 is 10.3. The molecule has 0 heterocycles. The molecule has 4 heteroatoms. The van der Waals surface area contributed by atoms with E-state index < -0.39 is 0 Å². The molecule has 0 aliphatic heterocycles. The summed E-state index contributed by atoms with van der Waals surface area (Å²) in [5, 5.41) is 0. The van der Waals surface area contributed by atoms with E-state index in [1.54, 1.807) is 0 Å². The number of carbonyl (C=O) groups is 1. The van der Waals surface area contributed by atoms with E-state index in [9.17, 15) is 4.79 Å². The van der Waals surface area contributed by atoms with E-state index in [1.807, 2.05) is 20.8 Å². The molecule has 0 aliphatic rings. The van der Waals surface area contributed by atoms with Gasteiger partial charge in [0.1, 0.15) is 0 Å². The van der Waals surface area contributed by atoms with Crippen LogP contribution in [-0.2, 0) is 14.0 Å². The maximum absolute atomic E-state index is 10.6. The Bertz CT molecular complexity index is 184. The quantitative estimate of drug-likeness (QED) is 0.293. The SMILES string of the molecule is C=CC(=O)OCCC[Si]OC(C)(C)C. The molecule has 0 N–H and O–H groups in total. The number of ether oxygens (including phenoxy) is 1. The number of rotatable bonds is 6.